The maximum absolute atomic E-state index is 13.8. The van der Waals surface area contributed by atoms with E-state index in [0.717, 1.165) is 63.7 Å². The van der Waals surface area contributed by atoms with E-state index >= 15 is 0 Å². The zero-order valence-electron chi connectivity index (χ0n) is 34.3. The van der Waals surface area contributed by atoms with Crippen LogP contribution in [0.4, 0.5) is 9.59 Å². The molecule has 6 aromatic rings. The van der Waals surface area contributed by atoms with Crippen LogP contribution in [0.2, 0.25) is 0 Å². The molecule has 0 unspecified atom stereocenters. The zero-order valence-corrected chi connectivity index (χ0v) is 34.3. The molecule has 14 nitrogen and oxygen atoms in total. The first-order valence-corrected chi connectivity index (χ1v) is 20.1. The van der Waals surface area contributed by atoms with Crippen LogP contribution in [-0.4, -0.2) is 87.6 Å². The molecule has 0 bridgehead atoms. The molecule has 14 heteroatoms. The molecule has 0 aliphatic heterocycles. The van der Waals surface area contributed by atoms with E-state index in [0.29, 0.717) is 36.8 Å². The number of aromatic amines is 2. The van der Waals surface area contributed by atoms with Crippen molar-refractivity contribution in [1.29, 1.82) is 0 Å². The molecule has 1 aliphatic rings. The molecular formula is C46H50N8O6. The summed E-state index contributed by atoms with van der Waals surface area (Å²) in [6, 6.07) is 29.1. The van der Waals surface area contributed by atoms with Crippen molar-refractivity contribution in [2.24, 2.45) is 5.41 Å². The second-order valence-electron chi connectivity index (χ2n) is 15.5. The Labute approximate surface area is 348 Å². The Morgan fingerprint density at radius 2 is 1.30 bits per heavy atom. The number of hydrogen-bond donors (Lipinski definition) is 4. The number of nitrogens with zero attached hydrogens (tertiary/aromatic N) is 4. The van der Waals surface area contributed by atoms with Gasteiger partial charge >= 0.3 is 12.2 Å². The third kappa shape index (κ3) is 10.0. The predicted molar refractivity (Wildman–Crippen MR) is 228 cm³/mol. The third-order valence-corrected chi connectivity index (χ3v) is 10.8. The Balaban J connectivity index is 1.01. The summed E-state index contributed by atoms with van der Waals surface area (Å²) in [5.41, 5.74) is 6.51. The number of nitrogens with one attached hydrogen (secondary N) is 4. The van der Waals surface area contributed by atoms with E-state index in [-0.39, 0.29) is 30.3 Å². The van der Waals surface area contributed by atoms with Crippen molar-refractivity contribution >= 4 is 34.8 Å². The Bertz CT molecular complexity index is 2460. The number of rotatable bonds is 16. The van der Waals surface area contributed by atoms with E-state index in [2.05, 4.69) is 103 Å². The van der Waals surface area contributed by atoms with Gasteiger partial charge in [-0.3, -0.25) is 9.59 Å². The van der Waals surface area contributed by atoms with Gasteiger partial charge in [-0.2, -0.15) is 0 Å². The zero-order chi connectivity index (χ0) is 42.2. The van der Waals surface area contributed by atoms with Crippen LogP contribution in [0.25, 0.3) is 44.4 Å². The monoisotopic (exact) mass is 810 g/mol. The van der Waals surface area contributed by atoms with Crippen LogP contribution in [0.5, 0.6) is 0 Å². The number of benzene rings is 4. The van der Waals surface area contributed by atoms with Crippen molar-refractivity contribution in [3.8, 4) is 33.6 Å². The lowest BCUT2D eigenvalue weighted by molar-refractivity contribution is -0.134. The van der Waals surface area contributed by atoms with E-state index in [4.69, 9.17) is 4.74 Å². The number of fused-ring (bicyclic) bond motifs is 1. The molecule has 4 aromatic carbocycles. The summed E-state index contributed by atoms with van der Waals surface area (Å²) < 4.78 is 9.44. The van der Waals surface area contributed by atoms with Gasteiger partial charge in [-0.05, 0) is 69.8 Å². The van der Waals surface area contributed by atoms with Crippen LogP contribution in [0.15, 0.2) is 103 Å². The number of alkyl carbamates (subject to hydrolysis) is 2. The maximum Gasteiger partial charge on any atom is 0.407 e. The molecule has 1 fully saturated rings. The molecule has 310 valence electrons. The summed E-state index contributed by atoms with van der Waals surface area (Å²) in [7, 11) is 2.54. The van der Waals surface area contributed by atoms with Crippen molar-refractivity contribution in [1.82, 2.24) is 40.4 Å². The van der Waals surface area contributed by atoms with Gasteiger partial charge in [0.05, 0.1) is 51.1 Å². The number of aromatic nitrogens is 4. The van der Waals surface area contributed by atoms with Gasteiger partial charge < -0.3 is 39.9 Å². The van der Waals surface area contributed by atoms with E-state index in [1.807, 2.05) is 25.1 Å². The molecule has 0 radical (unpaired) electrons. The van der Waals surface area contributed by atoms with Gasteiger partial charge in [0, 0.05) is 18.7 Å². The van der Waals surface area contributed by atoms with Gasteiger partial charge in [-0.25, -0.2) is 19.6 Å². The van der Waals surface area contributed by atoms with Crippen LogP contribution in [-0.2, 0) is 32.2 Å². The molecule has 0 saturated heterocycles. The van der Waals surface area contributed by atoms with Gasteiger partial charge in [0.2, 0.25) is 11.8 Å². The predicted octanol–water partition coefficient (Wildman–Crippen LogP) is 7.61. The van der Waals surface area contributed by atoms with Crippen molar-refractivity contribution in [3.63, 3.8) is 0 Å². The largest absolute Gasteiger partial charge is 0.453 e. The highest BCUT2D eigenvalue weighted by atomic mass is 16.5. The summed E-state index contributed by atoms with van der Waals surface area (Å²) in [6.45, 7) is 5.64. The van der Waals surface area contributed by atoms with Crippen molar-refractivity contribution in [3.05, 3.63) is 121 Å². The van der Waals surface area contributed by atoms with Crippen LogP contribution in [0.1, 0.15) is 56.4 Å². The second-order valence-corrected chi connectivity index (χ2v) is 15.5. The average molecular weight is 811 g/mol. The first kappa shape index (κ1) is 41.2. The van der Waals surface area contributed by atoms with Gasteiger partial charge in [0.1, 0.15) is 24.2 Å². The molecule has 2 aromatic heterocycles. The number of carbonyl (C=O) groups excluding carboxylic acids is 4. The number of ether oxygens (including phenoxy) is 2. The van der Waals surface area contributed by atoms with E-state index in [9.17, 15) is 19.2 Å². The molecule has 60 heavy (non-hydrogen) atoms. The topological polar surface area (TPSA) is 175 Å². The average Bonchev–Trinajstić information content (AvgIpc) is 3.58. The van der Waals surface area contributed by atoms with Gasteiger partial charge in [-0.1, -0.05) is 92.7 Å². The number of imidazole rings is 2. The number of methoxy groups -OCH3 is 2. The van der Waals surface area contributed by atoms with Gasteiger partial charge in [0.15, 0.2) is 0 Å². The molecule has 2 heterocycles. The highest BCUT2D eigenvalue weighted by Crippen LogP contribution is 2.45. The number of amides is 4. The Morgan fingerprint density at radius 1 is 0.733 bits per heavy atom. The molecule has 4 N–H and O–H groups in total. The fraction of sp³-hybridized carbons (Fsp3) is 0.304. The van der Waals surface area contributed by atoms with Crippen molar-refractivity contribution in [2.75, 3.05) is 33.9 Å². The SMILES string of the molecule is CCCN(Cc1ncc(-c2ccc3cc(-c4ccc(-c5cnc(CN(CC6(C)CC6)C(=O)CNC(=O)OC)[nH]5)cc4)ccc3c2)[nH]1)C(=O)[C@H](NC(=O)OC)c1ccccc1. The summed E-state index contributed by atoms with van der Waals surface area (Å²) in [6.07, 6.45) is 5.08. The lowest BCUT2D eigenvalue weighted by atomic mass is 9.98. The third-order valence-electron chi connectivity index (χ3n) is 10.8. The minimum Gasteiger partial charge on any atom is -0.453 e. The minimum atomic E-state index is -0.903. The molecule has 4 amide bonds. The second kappa shape index (κ2) is 18.3. The first-order chi connectivity index (χ1) is 29.0. The maximum atomic E-state index is 13.8. The lowest BCUT2D eigenvalue weighted by Crippen LogP contribution is -2.43. The Morgan fingerprint density at radius 3 is 1.92 bits per heavy atom. The number of hydrogen-bond acceptors (Lipinski definition) is 8. The summed E-state index contributed by atoms with van der Waals surface area (Å²) in [4.78, 5) is 70.0. The summed E-state index contributed by atoms with van der Waals surface area (Å²) >= 11 is 0. The van der Waals surface area contributed by atoms with E-state index < -0.39 is 18.2 Å². The van der Waals surface area contributed by atoms with Gasteiger partial charge in [0.25, 0.3) is 0 Å². The first-order valence-electron chi connectivity index (χ1n) is 20.1. The standard InChI is InChI=1S/C46H50N8O6/c1-5-21-53(43(56)42(52-45(58)60-4)32-9-7-6-8-10-32)27-39-48-25-38(51-39)36-18-17-34-22-33(15-16-35(34)23-36)30-11-13-31(14-12-30)37-24-47-40(50-37)28-54(29-46(2)19-20-46)41(55)26-49-44(57)59-3/h6-18,22-25,42H,5,19-21,26-29H2,1-4H3,(H,47,50)(H,48,51)(H,49,57)(H,52,58)/t42-/m1/s1. The quantitative estimate of drug-likeness (QED) is 0.0773. The Hall–Kier alpha value is -6.96. The molecular weight excluding hydrogens is 761 g/mol. The highest BCUT2D eigenvalue weighted by Gasteiger charge is 2.40. The summed E-state index contributed by atoms with van der Waals surface area (Å²) in [5, 5.41) is 7.34. The van der Waals surface area contributed by atoms with E-state index in [1.165, 1.54) is 14.2 Å². The van der Waals surface area contributed by atoms with E-state index in [1.54, 1.807) is 34.3 Å². The molecule has 7 rings (SSSR count). The summed E-state index contributed by atoms with van der Waals surface area (Å²) in [5.74, 6) is 0.854. The lowest BCUT2D eigenvalue weighted by Gasteiger charge is -2.27. The molecule has 1 atom stereocenters. The Kier molecular flexibility index (Phi) is 12.6. The molecule has 1 aliphatic carbocycles. The number of H-pyrrole nitrogens is 2. The van der Waals surface area contributed by atoms with Crippen molar-refractivity contribution in [2.45, 2.75) is 52.2 Å². The normalized spacial score (nSPS) is 13.3. The van der Waals surface area contributed by atoms with Crippen LogP contribution in [0, 0.1) is 5.41 Å². The fourth-order valence-electron chi connectivity index (χ4n) is 7.20. The number of carbonyl (C=O) groups is 4. The van der Waals surface area contributed by atoms with Crippen LogP contribution < -0.4 is 10.6 Å². The highest BCUT2D eigenvalue weighted by molar-refractivity contribution is 5.91. The molecule has 0 spiro atoms. The minimum absolute atomic E-state index is 0.0872. The molecule has 1 saturated carbocycles. The smallest absolute Gasteiger partial charge is 0.407 e. The van der Waals surface area contributed by atoms with Crippen LogP contribution in [0.3, 0.4) is 0 Å². The van der Waals surface area contributed by atoms with Crippen molar-refractivity contribution < 1.29 is 28.7 Å². The fourth-order valence-corrected chi connectivity index (χ4v) is 7.20. The van der Waals surface area contributed by atoms with Gasteiger partial charge in [-0.15, -0.1) is 0 Å². The van der Waals surface area contributed by atoms with Crippen LogP contribution >= 0.6 is 0 Å².